The van der Waals surface area contributed by atoms with E-state index in [1.165, 1.54) is 0 Å². The molecule has 0 amide bonds. The van der Waals surface area contributed by atoms with E-state index in [4.69, 9.17) is 10.00 Å². The van der Waals surface area contributed by atoms with E-state index < -0.39 is 0 Å². The standard InChI is InChI=1S/C9H15NO2/c1-3-4-5-9(11)12-8(2)6-7-10/h8H,3-6H2,1-2H3/t8-/m0/s1. The molecule has 0 aliphatic heterocycles. The first-order chi connectivity index (χ1) is 5.70. The van der Waals surface area contributed by atoms with Crippen LogP contribution in [0.15, 0.2) is 0 Å². The monoisotopic (exact) mass is 169 g/mol. The maximum absolute atomic E-state index is 11.0. The zero-order chi connectivity index (χ0) is 9.40. The van der Waals surface area contributed by atoms with Crippen LogP contribution < -0.4 is 0 Å². The zero-order valence-electron chi connectivity index (χ0n) is 7.67. The minimum atomic E-state index is -0.264. The molecule has 0 N–H and O–H groups in total. The molecule has 0 unspecified atom stereocenters. The van der Waals surface area contributed by atoms with Gasteiger partial charge in [0.15, 0.2) is 0 Å². The summed E-state index contributed by atoms with van der Waals surface area (Å²) in [6.07, 6.45) is 2.32. The Bertz CT molecular complexity index is 172. The van der Waals surface area contributed by atoms with Crippen LogP contribution >= 0.6 is 0 Å². The Kier molecular flexibility index (Phi) is 6.08. The van der Waals surface area contributed by atoms with Crippen molar-refractivity contribution in [3.8, 4) is 6.07 Å². The van der Waals surface area contributed by atoms with Crippen LogP contribution in [0.5, 0.6) is 0 Å². The second-order valence-corrected chi connectivity index (χ2v) is 2.77. The number of hydrogen-bond donors (Lipinski definition) is 0. The molecule has 0 aromatic rings. The van der Waals surface area contributed by atoms with Gasteiger partial charge < -0.3 is 4.74 Å². The molecule has 0 aliphatic rings. The molecule has 12 heavy (non-hydrogen) atoms. The van der Waals surface area contributed by atoms with Gasteiger partial charge in [-0.05, 0) is 13.3 Å². The molecular formula is C9H15NO2. The van der Waals surface area contributed by atoms with Crippen LogP contribution in [0.3, 0.4) is 0 Å². The predicted octanol–water partition coefficient (Wildman–Crippen LogP) is 2.02. The van der Waals surface area contributed by atoms with Gasteiger partial charge in [0.05, 0.1) is 12.5 Å². The summed E-state index contributed by atoms with van der Waals surface area (Å²) in [5, 5.41) is 8.28. The Morgan fingerprint density at radius 3 is 2.83 bits per heavy atom. The summed E-state index contributed by atoms with van der Waals surface area (Å²) >= 11 is 0. The zero-order valence-corrected chi connectivity index (χ0v) is 7.67. The van der Waals surface area contributed by atoms with Gasteiger partial charge in [-0.1, -0.05) is 13.3 Å². The molecule has 0 aromatic carbocycles. The van der Waals surface area contributed by atoms with Crippen molar-refractivity contribution in [2.45, 2.75) is 45.6 Å². The summed E-state index contributed by atoms with van der Waals surface area (Å²) in [5.74, 6) is -0.195. The summed E-state index contributed by atoms with van der Waals surface area (Å²) in [6, 6.07) is 1.95. The van der Waals surface area contributed by atoms with Crippen LogP contribution in [0.25, 0.3) is 0 Å². The second-order valence-electron chi connectivity index (χ2n) is 2.77. The topological polar surface area (TPSA) is 50.1 Å². The Labute approximate surface area is 73.3 Å². The van der Waals surface area contributed by atoms with Gasteiger partial charge >= 0.3 is 5.97 Å². The van der Waals surface area contributed by atoms with E-state index in [1.54, 1.807) is 6.92 Å². The van der Waals surface area contributed by atoms with Crippen molar-refractivity contribution in [1.82, 2.24) is 0 Å². The number of unbranched alkanes of at least 4 members (excludes halogenated alkanes) is 1. The number of carbonyl (C=O) groups is 1. The lowest BCUT2D eigenvalue weighted by atomic mass is 10.2. The quantitative estimate of drug-likeness (QED) is 0.591. The lowest BCUT2D eigenvalue weighted by Crippen LogP contribution is -2.13. The summed E-state index contributed by atoms with van der Waals surface area (Å²) in [4.78, 5) is 11.0. The molecule has 1 atom stereocenters. The molecule has 0 saturated heterocycles. The smallest absolute Gasteiger partial charge is 0.306 e. The summed E-state index contributed by atoms with van der Waals surface area (Å²) < 4.78 is 4.93. The van der Waals surface area contributed by atoms with Gasteiger partial charge in [-0.2, -0.15) is 5.26 Å². The van der Waals surface area contributed by atoms with E-state index in [0.29, 0.717) is 6.42 Å². The minimum Gasteiger partial charge on any atom is -0.462 e. The molecule has 0 heterocycles. The van der Waals surface area contributed by atoms with Gasteiger partial charge in [0.25, 0.3) is 0 Å². The molecule has 0 aliphatic carbocycles. The molecule has 68 valence electrons. The Balaban J connectivity index is 3.48. The minimum absolute atomic E-state index is 0.195. The van der Waals surface area contributed by atoms with Crippen molar-refractivity contribution in [2.24, 2.45) is 0 Å². The summed E-state index contributed by atoms with van der Waals surface area (Å²) in [5.41, 5.74) is 0. The molecule has 0 fully saturated rings. The maximum atomic E-state index is 11.0. The second kappa shape index (κ2) is 6.66. The summed E-state index contributed by atoms with van der Waals surface area (Å²) in [7, 11) is 0. The molecule has 0 spiro atoms. The van der Waals surface area contributed by atoms with Crippen molar-refractivity contribution >= 4 is 5.97 Å². The highest BCUT2D eigenvalue weighted by Crippen LogP contribution is 2.01. The lowest BCUT2D eigenvalue weighted by molar-refractivity contribution is -0.148. The van der Waals surface area contributed by atoms with Gasteiger partial charge in [0, 0.05) is 6.42 Å². The third-order valence-corrected chi connectivity index (χ3v) is 1.45. The van der Waals surface area contributed by atoms with E-state index in [1.807, 2.05) is 13.0 Å². The van der Waals surface area contributed by atoms with E-state index in [0.717, 1.165) is 12.8 Å². The number of carbonyl (C=O) groups excluding carboxylic acids is 1. The van der Waals surface area contributed by atoms with Gasteiger partial charge in [-0.15, -0.1) is 0 Å². The number of nitriles is 1. The molecular weight excluding hydrogens is 154 g/mol. The van der Waals surface area contributed by atoms with Gasteiger partial charge in [0.2, 0.25) is 0 Å². The molecule has 0 saturated carbocycles. The van der Waals surface area contributed by atoms with Crippen LogP contribution in [0.1, 0.15) is 39.5 Å². The highest BCUT2D eigenvalue weighted by Gasteiger charge is 2.07. The van der Waals surface area contributed by atoms with Crippen molar-refractivity contribution in [1.29, 1.82) is 5.26 Å². The molecule has 0 aromatic heterocycles. The number of hydrogen-bond acceptors (Lipinski definition) is 3. The average molecular weight is 169 g/mol. The highest BCUT2D eigenvalue weighted by atomic mass is 16.5. The first kappa shape index (κ1) is 11.0. The van der Waals surface area contributed by atoms with Crippen LogP contribution in [0, 0.1) is 11.3 Å². The molecule has 0 bridgehead atoms. The first-order valence-corrected chi connectivity index (χ1v) is 4.27. The van der Waals surface area contributed by atoms with Gasteiger partial charge in [-0.3, -0.25) is 4.79 Å². The average Bonchev–Trinajstić information content (AvgIpc) is 2.01. The van der Waals surface area contributed by atoms with Crippen molar-refractivity contribution in [3.05, 3.63) is 0 Å². The number of esters is 1. The van der Waals surface area contributed by atoms with Crippen molar-refractivity contribution < 1.29 is 9.53 Å². The first-order valence-electron chi connectivity index (χ1n) is 4.27. The Hall–Kier alpha value is -1.04. The van der Waals surface area contributed by atoms with Gasteiger partial charge in [-0.25, -0.2) is 0 Å². The fourth-order valence-corrected chi connectivity index (χ4v) is 0.775. The van der Waals surface area contributed by atoms with E-state index in [2.05, 4.69) is 0 Å². The van der Waals surface area contributed by atoms with Crippen LogP contribution in [0.2, 0.25) is 0 Å². The number of rotatable bonds is 5. The SMILES string of the molecule is CCCCC(=O)O[C@@H](C)CC#N. The Morgan fingerprint density at radius 1 is 1.67 bits per heavy atom. The maximum Gasteiger partial charge on any atom is 0.306 e. The molecule has 0 radical (unpaired) electrons. The molecule has 3 nitrogen and oxygen atoms in total. The van der Waals surface area contributed by atoms with Crippen molar-refractivity contribution in [2.75, 3.05) is 0 Å². The van der Waals surface area contributed by atoms with E-state index in [9.17, 15) is 4.79 Å². The number of nitrogens with zero attached hydrogens (tertiary/aromatic N) is 1. The highest BCUT2D eigenvalue weighted by molar-refractivity contribution is 5.69. The van der Waals surface area contributed by atoms with Crippen LogP contribution in [0.4, 0.5) is 0 Å². The fraction of sp³-hybridized carbons (Fsp3) is 0.778. The molecule has 3 heteroatoms. The lowest BCUT2D eigenvalue weighted by Gasteiger charge is -2.08. The molecule has 0 rings (SSSR count). The number of ether oxygens (including phenoxy) is 1. The largest absolute Gasteiger partial charge is 0.462 e. The predicted molar refractivity (Wildman–Crippen MR) is 45.3 cm³/mol. The third kappa shape index (κ3) is 5.72. The van der Waals surface area contributed by atoms with E-state index in [-0.39, 0.29) is 18.5 Å². The third-order valence-electron chi connectivity index (χ3n) is 1.45. The normalized spacial score (nSPS) is 11.8. The van der Waals surface area contributed by atoms with E-state index >= 15 is 0 Å². The summed E-state index contributed by atoms with van der Waals surface area (Å²) in [6.45, 7) is 3.75. The van der Waals surface area contributed by atoms with Gasteiger partial charge in [0.1, 0.15) is 6.10 Å². The van der Waals surface area contributed by atoms with Crippen molar-refractivity contribution in [3.63, 3.8) is 0 Å². The van der Waals surface area contributed by atoms with Crippen LogP contribution in [-0.4, -0.2) is 12.1 Å². The Morgan fingerprint density at radius 2 is 2.33 bits per heavy atom. The fourth-order valence-electron chi connectivity index (χ4n) is 0.775. The van der Waals surface area contributed by atoms with Crippen LogP contribution in [-0.2, 0) is 9.53 Å².